The average molecular weight is 725 g/mol. The third kappa shape index (κ3) is 4.87. The number of hydrogen-bond acceptors (Lipinski definition) is 8. The SMILES string of the molecule is C[C@]12C[C@@](O)(c3ccccc3C(=O)O)[C@@](O)(c3ccccc3C(=O)O)C[C@H]1C(=O)C=C1[C@@H]2CC[C@]2(C)[C@@H]([C@](C)(O)c3ccccc3C(=O)O)CC[C@@]12O. The molecule has 4 aliphatic rings. The molecule has 0 heterocycles. The van der Waals surface area contributed by atoms with Crippen LogP contribution in [-0.2, 0) is 21.6 Å². The molecule has 0 radical (unpaired) electrons. The summed E-state index contributed by atoms with van der Waals surface area (Å²) in [6.45, 7) is 5.24. The summed E-state index contributed by atoms with van der Waals surface area (Å²) >= 11 is 0. The molecule has 7 N–H and O–H groups in total. The lowest BCUT2D eigenvalue weighted by molar-refractivity contribution is -0.240. The van der Waals surface area contributed by atoms with Crippen LogP contribution >= 0.6 is 0 Å². The van der Waals surface area contributed by atoms with E-state index in [1.807, 2.05) is 13.8 Å². The van der Waals surface area contributed by atoms with Gasteiger partial charge in [0.05, 0.1) is 27.9 Å². The van der Waals surface area contributed by atoms with Crippen LogP contribution in [0.25, 0.3) is 0 Å². The quantitative estimate of drug-likeness (QED) is 0.167. The first kappa shape index (κ1) is 36.7. The topological polar surface area (TPSA) is 210 Å². The molecule has 0 unspecified atom stereocenters. The number of aromatic carboxylic acids is 3. The van der Waals surface area contributed by atoms with Crippen LogP contribution in [0, 0.1) is 28.6 Å². The zero-order valence-corrected chi connectivity index (χ0v) is 29.7. The fourth-order valence-electron chi connectivity index (χ4n) is 11.4. The van der Waals surface area contributed by atoms with E-state index in [4.69, 9.17) is 0 Å². The highest BCUT2D eigenvalue weighted by Crippen LogP contribution is 2.71. The lowest BCUT2D eigenvalue weighted by Crippen LogP contribution is -2.66. The number of rotatable bonds is 7. The van der Waals surface area contributed by atoms with Crippen molar-refractivity contribution in [1.82, 2.24) is 0 Å². The number of hydrogen-bond donors (Lipinski definition) is 7. The zero-order chi connectivity index (χ0) is 38.5. The van der Waals surface area contributed by atoms with E-state index in [2.05, 4.69) is 0 Å². The van der Waals surface area contributed by atoms with E-state index >= 15 is 0 Å². The van der Waals surface area contributed by atoms with E-state index < -0.39 is 81.1 Å². The number of fused-ring (bicyclic) bond motifs is 5. The van der Waals surface area contributed by atoms with E-state index in [9.17, 15) is 54.9 Å². The van der Waals surface area contributed by atoms with Gasteiger partial charge in [-0.1, -0.05) is 68.4 Å². The van der Waals surface area contributed by atoms with E-state index in [-0.39, 0.29) is 46.2 Å². The minimum atomic E-state index is -2.44. The summed E-state index contributed by atoms with van der Waals surface area (Å²) in [5, 5.41) is 81.4. The summed E-state index contributed by atoms with van der Waals surface area (Å²) < 4.78 is 0. The van der Waals surface area contributed by atoms with Crippen molar-refractivity contribution in [3.63, 3.8) is 0 Å². The molecule has 0 aliphatic heterocycles. The second kappa shape index (κ2) is 11.9. The van der Waals surface area contributed by atoms with Gasteiger partial charge in [0.15, 0.2) is 5.78 Å². The lowest BCUT2D eigenvalue weighted by atomic mass is 9.42. The standard InChI is InChI=1S/C42H44O11/c1-37-22-42(53,28-15-9-6-12-25(28)36(48)49)41(52,27-14-8-5-11-24(27)35(46)47)21-31(37)32(43)20-30-29(37)16-18-38(2)33(17-19-40(30,38)51)39(3,50)26-13-7-4-10-23(26)34(44)45/h4-15,20,29,31,33,50-53H,16-19,21-22H2,1-3H3,(H,44,45)(H,46,47)(H,48,49)/t29-,31-,33-,37+,38+,39+,40+,41-,42+/m0/s1. The summed E-state index contributed by atoms with van der Waals surface area (Å²) in [5.74, 6) is -6.49. The van der Waals surface area contributed by atoms with Crippen molar-refractivity contribution in [2.75, 3.05) is 0 Å². The molecule has 53 heavy (non-hydrogen) atoms. The fraction of sp³-hybridized carbons (Fsp3) is 0.429. The maximum absolute atomic E-state index is 14.5. The number of carbonyl (C=O) groups excluding carboxylic acids is 1. The first-order valence-electron chi connectivity index (χ1n) is 17.9. The summed E-state index contributed by atoms with van der Waals surface area (Å²) in [5.41, 5.74) is -10.6. The highest BCUT2D eigenvalue weighted by atomic mass is 16.4. The Hall–Kier alpha value is -4.68. The Labute approximate surface area is 306 Å². The van der Waals surface area contributed by atoms with E-state index in [1.54, 1.807) is 25.1 Å². The molecule has 4 aliphatic carbocycles. The number of aliphatic hydroxyl groups is 4. The van der Waals surface area contributed by atoms with Gasteiger partial charge >= 0.3 is 17.9 Å². The second-order valence-electron chi connectivity index (χ2n) is 16.3. The van der Waals surface area contributed by atoms with Crippen molar-refractivity contribution in [2.45, 2.75) is 81.7 Å². The predicted molar refractivity (Wildman–Crippen MR) is 190 cm³/mol. The minimum Gasteiger partial charge on any atom is -0.478 e. The molecule has 0 saturated heterocycles. The van der Waals surface area contributed by atoms with Gasteiger partial charge in [0.2, 0.25) is 0 Å². The van der Waals surface area contributed by atoms with Gasteiger partial charge in [-0.15, -0.1) is 0 Å². The van der Waals surface area contributed by atoms with Gasteiger partial charge in [-0.3, -0.25) is 4.79 Å². The smallest absolute Gasteiger partial charge is 0.336 e. The largest absolute Gasteiger partial charge is 0.478 e. The van der Waals surface area contributed by atoms with Crippen LogP contribution in [0.1, 0.15) is 107 Å². The molecule has 3 saturated carbocycles. The Morgan fingerprint density at radius 2 is 1.19 bits per heavy atom. The molecule has 9 atom stereocenters. The molecule has 7 rings (SSSR count). The molecule has 11 heteroatoms. The summed E-state index contributed by atoms with van der Waals surface area (Å²) in [7, 11) is 0. The van der Waals surface area contributed by atoms with E-state index in [0.717, 1.165) is 0 Å². The van der Waals surface area contributed by atoms with Crippen LogP contribution in [0.2, 0.25) is 0 Å². The number of carboxylic acid groups (broad SMARTS) is 3. The van der Waals surface area contributed by atoms with Crippen molar-refractivity contribution >= 4 is 23.7 Å². The van der Waals surface area contributed by atoms with Gasteiger partial charge < -0.3 is 35.7 Å². The summed E-state index contributed by atoms with van der Waals surface area (Å²) in [6.07, 6.45) is 1.86. The number of carbonyl (C=O) groups is 4. The Morgan fingerprint density at radius 1 is 0.679 bits per heavy atom. The molecule has 278 valence electrons. The van der Waals surface area contributed by atoms with Crippen LogP contribution in [0.15, 0.2) is 84.4 Å². The molecule has 0 bridgehead atoms. The van der Waals surface area contributed by atoms with Crippen molar-refractivity contribution in [3.8, 4) is 0 Å². The molecular formula is C42H44O11. The van der Waals surface area contributed by atoms with Crippen LogP contribution in [0.4, 0.5) is 0 Å². The maximum atomic E-state index is 14.5. The highest BCUT2D eigenvalue weighted by molar-refractivity contribution is 5.96. The number of ketones is 1. The van der Waals surface area contributed by atoms with Crippen molar-refractivity contribution in [2.24, 2.45) is 28.6 Å². The molecule has 11 nitrogen and oxygen atoms in total. The fourth-order valence-corrected chi connectivity index (χ4v) is 11.4. The van der Waals surface area contributed by atoms with Gasteiger partial charge in [-0.2, -0.15) is 0 Å². The van der Waals surface area contributed by atoms with Crippen LogP contribution in [0.5, 0.6) is 0 Å². The molecule has 0 amide bonds. The molecule has 3 aromatic rings. The molecule has 3 aromatic carbocycles. The highest BCUT2D eigenvalue weighted by Gasteiger charge is 2.72. The minimum absolute atomic E-state index is 0.0484. The van der Waals surface area contributed by atoms with Crippen LogP contribution in [0.3, 0.4) is 0 Å². The number of allylic oxidation sites excluding steroid dienone is 1. The maximum Gasteiger partial charge on any atom is 0.336 e. The number of carboxylic acids is 3. The third-order valence-electron chi connectivity index (χ3n) is 14.0. The Morgan fingerprint density at radius 3 is 1.75 bits per heavy atom. The molecule has 0 aromatic heterocycles. The summed E-state index contributed by atoms with van der Waals surface area (Å²) in [6, 6.07) is 17.6. The van der Waals surface area contributed by atoms with E-state index in [1.165, 1.54) is 60.7 Å². The van der Waals surface area contributed by atoms with Crippen LogP contribution < -0.4 is 0 Å². The predicted octanol–water partition coefficient (Wildman–Crippen LogP) is 5.25. The van der Waals surface area contributed by atoms with Gasteiger partial charge in [0.1, 0.15) is 11.2 Å². The lowest BCUT2D eigenvalue weighted by Gasteiger charge is -2.64. The summed E-state index contributed by atoms with van der Waals surface area (Å²) in [4.78, 5) is 51.8. The van der Waals surface area contributed by atoms with Gasteiger partial charge in [-0.05, 0) is 92.2 Å². The van der Waals surface area contributed by atoms with Crippen molar-refractivity contribution in [3.05, 3.63) is 118 Å². The van der Waals surface area contributed by atoms with Crippen LogP contribution in [-0.4, -0.2) is 65.0 Å². The average Bonchev–Trinajstić information content (AvgIpc) is 3.41. The zero-order valence-electron chi connectivity index (χ0n) is 29.7. The van der Waals surface area contributed by atoms with Crippen molar-refractivity contribution < 1.29 is 54.9 Å². The normalized spacial score (nSPS) is 35.9. The Bertz CT molecular complexity index is 2100. The first-order chi connectivity index (χ1) is 24.8. The van der Waals surface area contributed by atoms with Gasteiger partial charge in [0, 0.05) is 28.4 Å². The van der Waals surface area contributed by atoms with Crippen molar-refractivity contribution in [1.29, 1.82) is 0 Å². The monoisotopic (exact) mass is 724 g/mol. The number of benzene rings is 3. The van der Waals surface area contributed by atoms with Gasteiger partial charge in [-0.25, -0.2) is 14.4 Å². The Balaban J connectivity index is 1.38. The third-order valence-corrected chi connectivity index (χ3v) is 14.0. The Kier molecular flexibility index (Phi) is 8.24. The van der Waals surface area contributed by atoms with E-state index in [0.29, 0.717) is 24.8 Å². The second-order valence-corrected chi connectivity index (χ2v) is 16.3. The first-order valence-corrected chi connectivity index (χ1v) is 17.9. The molecule has 0 spiro atoms. The molecule has 3 fully saturated rings. The molecular weight excluding hydrogens is 680 g/mol. The van der Waals surface area contributed by atoms with Gasteiger partial charge in [0.25, 0.3) is 0 Å².